The second-order valence-corrected chi connectivity index (χ2v) is 6.19. The molecule has 20 heavy (non-hydrogen) atoms. The number of hydrogen-bond donors (Lipinski definition) is 2. The van der Waals surface area contributed by atoms with Crippen LogP contribution in [0.4, 0.5) is 5.69 Å². The topological polar surface area (TPSA) is 98.2 Å². The van der Waals surface area contributed by atoms with Gasteiger partial charge in [-0.15, -0.1) is 0 Å². The van der Waals surface area contributed by atoms with E-state index in [1.54, 1.807) is 18.3 Å². The van der Waals surface area contributed by atoms with Crippen LogP contribution < -0.4 is 5.73 Å². The van der Waals surface area contributed by atoms with Crippen LogP contribution >= 0.6 is 0 Å². The molecule has 1 aromatic carbocycles. The Bertz CT molecular complexity index is 673. The number of benzene rings is 1. The monoisotopic (exact) mass is 295 g/mol. The van der Waals surface area contributed by atoms with Crippen LogP contribution in [0.15, 0.2) is 41.6 Å². The highest BCUT2D eigenvalue weighted by Crippen LogP contribution is 2.34. The lowest BCUT2D eigenvalue weighted by atomic mass is 10.2. The van der Waals surface area contributed by atoms with Crippen molar-refractivity contribution in [3.8, 4) is 0 Å². The summed E-state index contributed by atoms with van der Waals surface area (Å²) in [6.07, 6.45) is 6.11. The molecule has 0 atom stereocenters. The summed E-state index contributed by atoms with van der Waals surface area (Å²) in [5.41, 5.74) is 7.18. The van der Waals surface area contributed by atoms with Gasteiger partial charge in [0, 0.05) is 6.20 Å². The molecule has 0 amide bonds. The van der Waals surface area contributed by atoms with Crippen LogP contribution in [0.5, 0.6) is 0 Å². The average molecular weight is 295 g/mol. The average Bonchev–Trinajstić information content (AvgIpc) is 3.12. The molecule has 1 saturated carbocycles. The molecular weight excluding hydrogens is 278 g/mol. The van der Waals surface area contributed by atoms with E-state index < -0.39 is 10.1 Å². The van der Waals surface area contributed by atoms with Crippen molar-refractivity contribution in [3.63, 3.8) is 0 Å². The lowest BCUT2D eigenvalue weighted by Crippen LogP contribution is -1.96. The molecule has 0 bridgehead atoms. The van der Waals surface area contributed by atoms with E-state index in [0.29, 0.717) is 6.04 Å². The standard InChI is InChI=1S/C7H8O3S.C6H9N3/c1-6-2-4-7(5-3-6)11(8,9)10;7-5-3-8-9(4-5)6-1-2-6/h2-5H,1H3,(H,8,9,10);3-4,6H,1-2,7H2. The van der Waals surface area contributed by atoms with Gasteiger partial charge in [-0.05, 0) is 31.9 Å². The van der Waals surface area contributed by atoms with E-state index in [0.717, 1.165) is 11.3 Å². The summed E-state index contributed by atoms with van der Waals surface area (Å²) in [6, 6.07) is 6.64. The Morgan fingerprint density at radius 1 is 1.30 bits per heavy atom. The smallest absolute Gasteiger partial charge is 0.294 e. The van der Waals surface area contributed by atoms with Crippen molar-refractivity contribution in [2.24, 2.45) is 0 Å². The third-order valence-corrected chi connectivity index (χ3v) is 3.73. The predicted octanol–water partition coefficient (Wildman–Crippen LogP) is 2.04. The van der Waals surface area contributed by atoms with E-state index in [1.165, 1.54) is 25.0 Å². The second-order valence-electron chi connectivity index (χ2n) is 4.77. The molecule has 7 heteroatoms. The van der Waals surface area contributed by atoms with Crippen molar-refractivity contribution in [1.82, 2.24) is 9.78 Å². The number of aromatic nitrogens is 2. The quantitative estimate of drug-likeness (QED) is 0.826. The number of nitrogens with zero attached hydrogens (tertiary/aromatic N) is 2. The van der Waals surface area contributed by atoms with E-state index in [4.69, 9.17) is 10.3 Å². The number of aryl methyl sites for hydroxylation is 1. The fourth-order valence-electron chi connectivity index (χ4n) is 1.60. The lowest BCUT2D eigenvalue weighted by molar-refractivity contribution is 0.483. The van der Waals surface area contributed by atoms with Crippen molar-refractivity contribution in [1.29, 1.82) is 0 Å². The van der Waals surface area contributed by atoms with E-state index in [9.17, 15) is 8.42 Å². The minimum absolute atomic E-state index is 0.0666. The SMILES string of the molecule is Cc1ccc(S(=O)(=O)O)cc1.Nc1cnn(C2CC2)c1. The van der Waals surface area contributed by atoms with Gasteiger partial charge in [-0.3, -0.25) is 9.23 Å². The first-order valence-corrected chi connectivity index (χ1v) is 7.64. The summed E-state index contributed by atoms with van der Waals surface area (Å²) in [7, 11) is -4.02. The van der Waals surface area contributed by atoms with E-state index in [-0.39, 0.29) is 4.90 Å². The Hall–Kier alpha value is -1.86. The molecule has 0 saturated heterocycles. The Morgan fingerprint density at radius 2 is 1.90 bits per heavy atom. The normalized spacial score (nSPS) is 14.5. The maximum atomic E-state index is 10.5. The van der Waals surface area contributed by atoms with Crippen molar-refractivity contribution in [2.45, 2.75) is 30.7 Å². The molecule has 0 aliphatic heterocycles. The molecule has 3 rings (SSSR count). The maximum Gasteiger partial charge on any atom is 0.294 e. The fourth-order valence-corrected chi connectivity index (χ4v) is 2.08. The summed E-state index contributed by atoms with van der Waals surface area (Å²) in [4.78, 5) is -0.0666. The van der Waals surface area contributed by atoms with Crippen molar-refractivity contribution >= 4 is 15.8 Å². The van der Waals surface area contributed by atoms with Gasteiger partial charge in [0.15, 0.2) is 0 Å². The third-order valence-electron chi connectivity index (χ3n) is 2.86. The lowest BCUT2D eigenvalue weighted by Gasteiger charge is -1.95. The first-order valence-electron chi connectivity index (χ1n) is 6.20. The van der Waals surface area contributed by atoms with Crippen molar-refractivity contribution in [3.05, 3.63) is 42.2 Å². The van der Waals surface area contributed by atoms with Crippen LogP contribution in [0.25, 0.3) is 0 Å². The van der Waals surface area contributed by atoms with Gasteiger partial charge in [0.05, 0.1) is 22.8 Å². The molecule has 1 heterocycles. The molecule has 1 aliphatic rings. The molecule has 108 valence electrons. The van der Waals surface area contributed by atoms with Crippen molar-refractivity contribution in [2.75, 3.05) is 5.73 Å². The van der Waals surface area contributed by atoms with Gasteiger partial charge in [0.2, 0.25) is 0 Å². The van der Waals surface area contributed by atoms with Gasteiger partial charge in [0.1, 0.15) is 0 Å². The zero-order valence-corrected chi connectivity index (χ0v) is 11.9. The minimum Gasteiger partial charge on any atom is -0.396 e. The first kappa shape index (κ1) is 14.5. The molecule has 1 fully saturated rings. The fraction of sp³-hybridized carbons (Fsp3) is 0.308. The molecule has 1 aromatic heterocycles. The highest BCUT2D eigenvalue weighted by Gasteiger charge is 2.23. The molecule has 1 aliphatic carbocycles. The Balaban J connectivity index is 0.000000149. The summed E-state index contributed by atoms with van der Waals surface area (Å²) in [5.74, 6) is 0. The van der Waals surface area contributed by atoms with Gasteiger partial charge >= 0.3 is 0 Å². The van der Waals surface area contributed by atoms with Crippen molar-refractivity contribution < 1.29 is 13.0 Å². The van der Waals surface area contributed by atoms with Gasteiger partial charge in [-0.2, -0.15) is 13.5 Å². The van der Waals surface area contributed by atoms with Crippen LogP contribution in [0, 0.1) is 6.92 Å². The van der Waals surface area contributed by atoms with Crippen LogP contribution in [0.2, 0.25) is 0 Å². The van der Waals surface area contributed by atoms with Crippen LogP contribution in [0.1, 0.15) is 24.4 Å². The molecular formula is C13H17N3O3S. The highest BCUT2D eigenvalue weighted by atomic mass is 32.2. The Labute approximate surface area is 118 Å². The zero-order valence-electron chi connectivity index (χ0n) is 11.1. The maximum absolute atomic E-state index is 10.5. The Morgan fingerprint density at radius 3 is 2.30 bits per heavy atom. The second kappa shape index (κ2) is 5.64. The number of rotatable bonds is 2. The molecule has 6 nitrogen and oxygen atoms in total. The van der Waals surface area contributed by atoms with Crippen LogP contribution in [-0.4, -0.2) is 22.8 Å². The Kier molecular flexibility index (Phi) is 4.10. The number of nitrogen functional groups attached to an aromatic ring is 1. The summed E-state index contributed by atoms with van der Waals surface area (Å²) >= 11 is 0. The summed E-state index contributed by atoms with van der Waals surface area (Å²) < 4.78 is 31.5. The zero-order chi connectivity index (χ0) is 14.8. The largest absolute Gasteiger partial charge is 0.396 e. The molecule has 3 N–H and O–H groups in total. The third kappa shape index (κ3) is 4.07. The van der Waals surface area contributed by atoms with Gasteiger partial charge in [0.25, 0.3) is 10.1 Å². The van der Waals surface area contributed by atoms with E-state index in [2.05, 4.69) is 5.10 Å². The summed E-state index contributed by atoms with van der Waals surface area (Å²) in [5, 5.41) is 4.07. The van der Waals surface area contributed by atoms with Gasteiger partial charge in [-0.25, -0.2) is 0 Å². The van der Waals surface area contributed by atoms with Crippen LogP contribution in [-0.2, 0) is 10.1 Å². The number of anilines is 1. The molecule has 2 aromatic rings. The first-order chi connectivity index (χ1) is 9.36. The van der Waals surface area contributed by atoms with Gasteiger partial charge in [-0.1, -0.05) is 17.7 Å². The van der Waals surface area contributed by atoms with E-state index >= 15 is 0 Å². The van der Waals surface area contributed by atoms with Crippen LogP contribution in [0.3, 0.4) is 0 Å². The molecule has 0 unspecified atom stereocenters. The number of nitrogens with two attached hydrogens (primary N) is 1. The molecule has 0 radical (unpaired) electrons. The van der Waals surface area contributed by atoms with E-state index in [1.807, 2.05) is 17.8 Å². The number of hydrogen-bond acceptors (Lipinski definition) is 4. The summed E-state index contributed by atoms with van der Waals surface area (Å²) in [6.45, 7) is 1.84. The highest BCUT2D eigenvalue weighted by molar-refractivity contribution is 7.85. The predicted molar refractivity (Wildman–Crippen MR) is 75.9 cm³/mol. The molecule has 0 spiro atoms. The van der Waals surface area contributed by atoms with Gasteiger partial charge < -0.3 is 5.73 Å². The minimum atomic E-state index is -4.02.